The Morgan fingerprint density at radius 1 is 1.37 bits per heavy atom. The molecule has 106 valence electrons. The van der Waals surface area contributed by atoms with Crippen molar-refractivity contribution in [3.63, 3.8) is 0 Å². The lowest BCUT2D eigenvalue weighted by atomic mass is 10.0. The molecule has 6 nitrogen and oxygen atoms in total. The number of phenols is 1. The monoisotopic (exact) mass is 305 g/mol. The lowest BCUT2D eigenvalue weighted by molar-refractivity contribution is 0.458. The molecule has 0 spiro atoms. The standard InChI is InChI=1S/C11H15NO5S2/c1-11(5-6-18(14,15)8-11)12-19(16,17)10-4-2-3-9(13)7-10/h2-4,7,12-13H,5-6,8H2,1H3. The summed E-state index contributed by atoms with van der Waals surface area (Å²) in [6, 6.07) is 5.24. The molecule has 0 radical (unpaired) electrons. The van der Waals surface area contributed by atoms with Crippen molar-refractivity contribution in [2.24, 2.45) is 0 Å². The van der Waals surface area contributed by atoms with Crippen molar-refractivity contribution in [3.8, 4) is 5.75 Å². The van der Waals surface area contributed by atoms with Crippen LogP contribution in [0.15, 0.2) is 29.2 Å². The Balaban J connectivity index is 2.28. The van der Waals surface area contributed by atoms with E-state index in [4.69, 9.17) is 0 Å². The van der Waals surface area contributed by atoms with Gasteiger partial charge in [-0.3, -0.25) is 0 Å². The summed E-state index contributed by atoms with van der Waals surface area (Å²) in [5, 5.41) is 9.30. The maximum Gasteiger partial charge on any atom is 0.241 e. The van der Waals surface area contributed by atoms with Crippen molar-refractivity contribution in [2.75, 3.05) is 11.5 Å². The molecule has 1 aliphatic heterocycles. The van der Waals surface area contributed by atoms with Gasteiger partial charge >= 0.3 is 0 Å². The lowest BCUT2D eigenvalue weighted by Gasteiger charge is -2.23. The minimum absolute atomic E-state index is 0.0218. The highest BCUT2D eigenvalue weighted by Gasteiger charge is 2.41. The van der Waals surface area contributed by atoms with E-state index in [1.54, 1.807) is 6.92 Å². The first-order valence-electron chi connectivity index (χ1n) is 5.65. The summed E-state index contributed by atoms with van der Waals surface area (Å²) in [6.45, 7) is 1.57. The Bertz CT molecular complexity index is 696. The van der Waals surface area contributed by atoms with E-state index >= 15 is 0 Å². The number of rotatable bonds is 3. The molecule has 0 bridgehead atoms. The molecular weight excluding hydrogens is 290 g/mol. The lowest BCUT2D eigenvalue weighted by Crippen LogP contribution is -2.46. The summed E-state index contributed by atoms with van der Waals surface area (Å²) in [7, 11) is -7.04. The molecule has 1 aromatic carbocycles. The smallest absolute Gasteiger partial charge is 0.241 e. The van der Waals surface area contributed by atoms with Gasteiger partial charge in [0.05, 0.1) is 16.4 Å². The summed E-state index contributed by atoms with van der Waals surface area (Å²) in [6.07, 6.45) is 0.243. The molecule has 2 N–H and O–H groups in total. The average Bonchev–Trinajstić information content (AvgIpc) is 2.51. The van der Waals surface area contributed by atoms with E-state index in [1.165, 1.54) is 18.2 Å². The second-order valence-electron chi connectivity index (χ2n) is 5.01. The molecule has 1 heterocycles. The molecular formula is C11H15NO5S2. The van der Waals surface area contributed by atoms with Gasteiger partial charge in [-0.2, -0.15) is 0 Å². The minimum atomic E-state index is -3.85. The molecule has 2 rings (SSSR count). The maximum absolute atomic E-state index is 12.1. The van der Waals surface area contributed by atoms with Crippen LogP contribution in [0.1, 0.15) is 13.3 Å². The Labute approximate surface area is 112 Å². The number of hydrogen-bond acceptors (Lipinski definition) is 5. The molecule has 1 aromatic rings. The molecule has 1 saturated heterocycles. The molecule has 0 aliphatic carbocycles. The summed E-state index contributed by atoms with van der Waals surface area (Å²) in [5.74, 6) is -0.392. The number of phenolic OH excluding ortho intramolecular Hbond substituents is 1. The van der Waals surface area contributed by atoms with Crippen molar-refractivity contribution in [1.82, 2.24) is 4.72 Å². The van der Waals surface area contributed by atoms with Crippen molar-refractivity contribution in [1.29, 1.82) is 0 Å². The molecule has 19 heavy (non-hydrogen) atoms. The van der Waals surface area contributed by atoms with Gasteiger partial charge in [0.1, 0.15) is 5.75 Å². The van der Waals surface area contributed by atoms with Crippen LogP contribution in [-0.2, 0) is 19.9 Å². The van der Waals surface area contributed by atoms with Crippen molar-refractivity contribution < 1.29 is 21.9 Å². The van der Waals surface area contributed by atoms with Gasteiger partial charge < -0.3 is 5.11 Å². The van der Waals surface area contributed by atoms with Gasteiger partial charge in [-0.05, 0) is 31.5 Å². The first-order chi connectivity index (χ1) is 8.62. The average molecular weight is 305 g/mol. The van der Waals surface area contributed by atoms with Crippen LogP contribution in [0, 0.1) is 0 Å². The van der Waals surface area contributed by atoms with Gasteiger partial charge in [-0.1, -0.05) is 6.07 Å². The summed E-state index contributed by atoms with van der Waals surface area (Å²) >= 11 is 0. The molecule has 1 unspecified atom stereocenters. The third kappa shape index (κ3) is 3.26. The van der Waals surface area contributed by atoms with Crippen LogP contribution in [0.5, 0.6) is 5.75 Å². The van der Waals surface area contributed by atoms with Crippen LogP contribution in [0.3, 0.4) is 0 Å². The SMILES string of the molecule is CC1(NS(=O)(=O)c2cccc(O)c2)CCS(=O)(=O)C1. The zero-order valence-electron chi connectivity index (χ0n) is 10.3. The normalized spacial score (nSPS) is 26.4. The number of aromatic hydroxyl groups is 1. The Hall–Kier alpha value is -1.12. The minimum Gasteiger partial charge on any atom is -0.508 e. The number of benzene rings is 1. The predicted molar refractivity (Wildman–Crippen MR) is 70.1 cm³/mol. The molecule has 1 fully saturated rings. The van der Waals surface area contributed by atoms with Crippen molar-refractivity contribution in [3.05, 3.63) is 24.3 Å². The van der Waals surface area contributed by atoms with Gasteiger partial charge in [-0.15, -0.1) is 0 Å². The van der Waals surface area contributed by atoms with E-state index < -0.39 is 25.4 Å². The summed E-state index contributed by atoms with van der Waals surface area (Å²) in [4.78, 5) is -0.0852. The van der Waals surface area contributed by atoms with Gasteiger partial charge in [0, 0.05) is 5.54 Å². The van der Waals surface area contributed by atoms with Gasteiger partial charge in [0.25, 0.3) is 0 Å². The molecule has 1 aliphatic rings. The summed E-state index contributed by atoms with van der Waals surface area (Å²) in [5.41, 5.74) is -0.997. The fourth-order valence-electron chi connectivity index (χ4n) is 2.12. The van der Waals surface area contributed by atoms with Crippen LogP contribution < -0.4 is 4.72 Å². The predicted octanol–water partition coefficient (Wildman–Crippen LogP) is 0.248. The van der Waals surface area contributed by atoms with Crippen LogP contribution in [-0.4, -0.2) is 39.0 Å². The molecule has 0 aromatic heterocycles. The highest BCUT2D eigenvalue weighted by Crippen LogP contribution is 2.26. The fourth-order valence-corrected chi connectivity index (χ4v) is 5.78. The Morgan fingerprint density at radius 3 is 2.58 bits per heavy atom. The third-order valence-corrected chi connectivity index (χ3v) is 6.55. The van der Waals surface area contributed by atoms with Crippen LogP contribution in [0.4, 0.5) is 0 Å². The fraction of sp³-hybridized carbons (Fsp3) is 0.455. The Morgan fingerprint density at radius 2 is 2.05 bits per heavy atom. The molecule has 1 atom stereocenters. The summed E-state index contributed by atoms with van der Waals surface area (Å²) < 4.78 is 49.6. The first-order valence-corrected chi connectivity index (χ1v) is 8.96. The number of sulfone groups is 1. The molecule has 0 amide bonds. The molecule has 0 saturated carbocycles. The van der Waals surface area contributed by atoms with E-state index in [9.17, 15) is 21.9 Å². The van der Waals surface area contributed by atoms with Gasteiger partial charge in [0.15, 0.2) is 9.84 Å². The Kier molecular flexibility index (Phi) is 3.36. The number of nitrogens with one attached hydrogen (secondary N) is 1. The van der Waals surface area contributed by atoms with Crippen molar-refractivity contribution >= 4 is 19.9 Å². The topological polar surface area (TPSA) is 101 Å². The van der Waals surface area contributed by atoms with Gasteiger partial charge in [-0.25, -0.2) is 21.6 Å². The van der Waals surface area contributed by atoms with E-state index in [-0.39, 0.29) is 28.6 Å². The largest absolute Gasteiger partial charge is 0.508 e. The van der Waals surface area contributed by atoms with Crippen molar-refractivity contribution in [2.45, 2.75) is 23.8 Å². The zero-order valence-corrected chi connectivity index (χ0v) is 12.0. The molecule has 8 heteroatoms. The van der Waals surface area contributed by atoms with Crippen LogP contribution in [0.2, 0.25) is 0 Å². The number of hydrogen-bond donors (Lipinski definition) is 2. The van der Waals surface area contributed by atoms with Crippen LogP contribution in [0.25, 0.3) is 0 Å². The highest BCUT2D eigenvalue weighted by atomic mass is 32.2. The van der Waals surface area contributed by atoms with E-state index in [0.29, 0.717) is 0 Å². The third-order valence-electron chi connectivity index (χ3n) is 3.01. The first kappa shape index (κ1) is 14.3. The van der Waals surface area contributed by atoms with E-state index in [0.717, 1.165) is 6.07 Å². The van der Waals surface area contributed by atoms with E-state index in [1.807, 2.05) is 0 Å². The highest BCUT2D eigenvalue weighted by molar-refractivity contribution is 7.92. The zero-order chi connectivity index (χ0) is 14.3. The second-order valence-corrected chi connectivity index (χ2v) is 8.87. The quantitative estimate of drug-likeness (QED) is 0.833. The second kappa shape index (κ2) is 4.46. The van der Waals surface area contributed by atoms with Gasteiger partial charge in [0.2, 0.25) is 10.0 Å². The number of sulfonamides is 1. The van der Waals surface area contributed by atoms with Crippen LogP contribution >= 0.6 is 0 Å². The maximum atomic E-state index is 12.1. The van der Waals surface area contributed by atoms with E-state index in [2.05, 4.69) is 4.72 Å².